The van der Waals surface area contributed by atoms with Gasteiger partial charge in [0.25, 0.3) is 0 Å². The fraction of sp³-hybridized carbons (Fsp3) is 0. The second kappa shape index (κ2) is 4.81. The minimum absolute atomic E-state index is 0.0552. The normalized spacial score (nSPS) is 10.9. The molecule has 0 atom stereocenters. The van der Waals surface area contributed by atoms with Crippen molar-refractivity contribution < 1.29 is 9.90 Å². The standard InChI is InChI=1S/C14H8Cl2N2O2/c15-8-5-6-18-11(7-8)12(13(17-18)14(19)20)9-3-1-2-4-10(9)16/h1-7H,(H,19,20). The quantitative estimate of drug-likeness (QED) is 0.778. The maximum Gasteiger partial charge on any atom is 0.357 e. The number of carboxylic acids is 1. The number of aromatic nitrogens is 2. The molecule has 0 bridgehead atoms. The van der Waals surface area contributed by atoms with Gasteiger partial charge in [0.2, 0.25) is 0 Å². The summed E-state index contributed by atoms with van der Waals surface area (Å²) in [5.41, 5.74) is 1.62. The Morgan fingerprint density at radius 1 is 1.20 bits per heavy atom. The molecule has 20 heavy (non-hydrogen) atoms. The van der Waals surface area contributed by atoms with Crippen molar-refractivity contribution in [2.24, 2.45) is 0 Å². The third kappa shape index (κ3) is 2.03. The monoisotopic (exact) mass is 306 g/mol. The van der Waals surface area contributed by atoms with E-state index in [0.717, 1.165) is 0 Å². The summed E-state index contributed by atoms with van der Waals surface area (Å²) in [4.78, 5) is 11.4. The second-order valence-corrected chi connectivity index (χ2v) is 5.03. The molecule has 6 heteroatoms. The molecule has 100 valence electrons. The molecule has 0 aliphatic rings. The lowest BCUT2D eigenvalue weighted by Crippen LogP contribution is -1.99. The van der Waals surface area contributed by atoms with E-state index >= 15 is 0 Å². The summed E-state index contributed by atoms with van der Waals surface area (Å²) in [6.07, 6.45) is 1.62. The van der Waals surface area contributed by atoms with Crippen molar-refractivity contribution in [1.82, 2.24) is 9.61 Å². The van der Waals surface area contributed by atoms with Crippen molar-refractivity contribution in [2.75, 3.05) is 0 Å². The fourth-order valence-electron chi connectivity index (χ4n) is 2.10. The Hall–Kier alpha value is -2.04. The predicted octanol–water partition coefficient (Wildman–Crippen LogP) is 4.01. The molecule has 0 fully saturated rings. The average molecular weight is 307 g/mol. The molecule has 1 aromatic carbocycles. The molecule has 3 aromatic rings. The number of carboxylic acid groups (broad SMARTS) is 1. The van der Waals surface area contributed by atoms with Gasteiger partial charge in [-0.2, -0.15) is 5.10 Å². The van der Waals surface area contributed by atoms with Gasteiger partial charge in [-0.15, -0.1) is 0 Å². The van der Waals surface area contributed by atoms with E-state index in [9.17, 15) is 9.90 Å². The number of benzene rings is 1. The SMILES string of the molecule is O=C(O)c1nn2ccc(Cl)cc2c1-c1ccccc1Cl. The van der Waals surface area contributed by atoms with Gasteiger partial charge in [0.15, 0.2) is 5.69 Å². The highest BCUT2D eigenvalue weighted by Crippen LogP contribution is 2.34. The summed E-state index contributed by atoms with van der Waals surface area (Å²) in [7, 11) is 0. The number of pyridine rings is 1. The molecule has 0 unspecified atom stereocenters. The van der Waals surface area contributed by atoms with E-state index < -0.39 is 5.97 Å². The lowest BCUT2D eigenvalue weighted by Gasteiger charge is -2.03. The third-order valence-corrected chi connectivity index (χ3v) is 3.51. The Kier molecular flexibility index (Phi) is 3.12. The highest BCUT2D eigenvalue weighted by molar-refractivity contribution is 6.34. The number of nitrogens with zero attached hydrogens (tertiary/aromatic N) is 2. The molecule has 4 nitrogen and oxygen atoms in total. The molecule has 0 spiro atoms. The van der Waals surface area contributed by atoms with Crippen LogP contribution in [0.4, 0.5) is 0 Å². The number of halogens is 2. The lowest BCUT2D eigenvalue weighted by molar-refractivity contribution is 0.0691. The molecule has 0 aliphatic heterocycles. The molecule has 0 saturated heterocycles. The van der Waals surface area contributed by atoms with Crippen molar-refractivity contribution in [3.05, 3.63) is 58.3 Å². The molecule has 0 saturated carbocycles. The number of fused-ring (bicyclic) bond motifs is 1. The number of hydrogen-bond donors (Lipinski definition) is 1. The molecule has 3 rings (SSSR count). The van der Waals surface area contributed by atoms with Crippen LogP contribution in [0.15, 0.2) is 42.6 Å². The second-order valence-electron chi connectivity index (χ2n) is 4.18. The smallest absolute Gasteiger partial charge is 0.357 e. The first-order chi connectivity index (χ1) is 9.58. The van der Waals surface area contributed by atoms with Crippen LogP contribution in [0.5, 0.6) is 0 Å². The first-order valence-corrected chi connectivity index (χ1v) is 6.49. The first kappa shape index (κ1) is 13.0. The molecular weight excluding hydrogens is 299 g/mol. The predicted molar refractivity (Wildman–Crippen MR) is 77.6 cm³/mol. The van der Waals surface area contributed by atoms with Crippen LogP contribution in [0, 0.1) is 0 Å². The first-order valence-electron chi connectivity index (χ1n) is 5.74. The number of rotatable bonds is 2. The van der Waals surface area contributed by atoms with Gasteiger partial charge in [-0.05, 0) is 18.2 Å². The molecule has 2 aromatic heterocycles. The zero-order chi connectivity index (χ0) is 14.3. The largest absolute Gasteiger partial charge is 0.476 e. The third-order valence-electron chi connectivity index (χ3n) is 2.94. The van der Waals surface area contributed by atoms with Crippen LogP contribution in [0.1, 0.15) is 10.5 Å². The van der Waals surface area contributed by atoms with Crippen molar-refractivity contribution in [3.63, 3.8) is 0 Å². The minimum atomic E-state index is -1.11. The summed E-state index contributed by atoms with van der Waals surface area (Å²) >= 11 is 12.2. The van der Waals surface area contributed by atoms with Gasteiger partial charge in [-0.3, -0.25) is 0 Å². The van der Waals surface area contributed by atoms with Crippen LogP contribution in [0.25, 0.3) is 16.6 Å². The van der Waals surface area contributed by atoms with Crippen molar-refractivity contribution in [2.45, 2.75) is 0 Å². The Morgan fingerprint density at radius 2 is 1.95 bits per heavy atom. The number of hydrogen-bond acceptors (Lipinski definition) is 2. The Morgan fingerprint density at radius 3 is 2.65 bits per heavy atom. The molecule has 0 aliphatic carbocycles. The van der Waals surface area contributed by atoms with Crippen molar-refractivity contribution in [3.8, 4) is 11.1 Å². The summed E-state index contributed by atoms with van der Waals surface area (Å²) < 4.78 is 1.48. The molecule has 0 radical (unpaired) electrons. The van der Waals surface area contributed by atoms with E-state index in [4.69, 9.17) is 23.2 Å². The topological polar surface area (TPSA) is 54.6 Å². The van der Waals surface area contributed by atoms with Gasteiger partial charge < -0.3 is 5.11 Å². The minimum Gasteiger partial charge on any atom is -0.476 e. The summed E-state index contributed by atoms with van der Waals surface area (Å²) in [5.74, 6) is -1.11. The molecule has 0 amide bonds. The van der Waals surface area contributed by atoms with E-state index in [0.29, 0.717) is 26.7 Å². The molecule has 1 N–H and O–H groups in total. The lowest BCUT2D eigenvalue weighted by atomic mass is 10.0. The Bertz CT molecular complexity index is 827. The van der Waals surface area contributed by atoms with Gasteiger partial charge in [-0.1, -0.05) is 41.4 Å². The van der Waals surface area contributed by atoms with Crippen LogP contribution in [-0.4, -0.2) is 20.7 Å². The van der Waals surface area contributed by atoms with Crippen LogP contribution in [-0.2, 0) is 0 Å². The van der Waals surface area contributed by atoms with Crippen LogP contribution >= 0.6 is 23.2 Å². The highest BCUT2D eigenvalue weighted by Gasteiger charge is 2.21. The van der Waals surface area contributed by atoms with Gasteiger partial charge in [0, 0.05) is 27.4 Å². The fourth-order valence-corrected chi connectivity index (χ4v) is 2.49. The van der Waals surface area contributed by atoms with Gasteiger partial charge >= 0.3 is 5.97 Å². The van der Waals surface area contributed by atoms with Gasteiger partial charge in [-0.25, -0.2) is 9.31 Å². The van der Waals surface area contributed by atoms with E-state index in [1.54, 1.807) is 42.6 Å². The van der Waals surface area contributed by atoms with Crippen molar-refractivity contribution >= 4 is 34.7 Å². The summed E-state index contributed by atoms with van der Waals surface area (Å²) in [6.45, 7) is 0. The Labute approximate surface area is 124 Å². The molecular formula is C14H8Cl2N2O2. The van der Waals surface area contributed by atoms with Crippen LogP contribution < -0.4 is 0 Å². The summed E-state index contributed by atoms with van der Waals surface area (Å²) in [5, 5.41) is 14.4. The van der Waals surface area contributed by atoms with E-state index in [2.05, 4.69) is 5.10 Å². The maximum atomic E-state index is 11.4. The zero-order valence-corrected chi connectivity index (χ0v) is 11.6. The van der Waals surface area contributed by atoms with E-state index in [-0.39, 0.29) is 5.69 Å². The maximum absolute atomic E-state index is 11.4. The van der Waals surface area contributed by atoms with Gasteiger partial charge in [0.1, 0.15) is 0 Å². The zero-order valence-electron chi connectivity index (χ0n) is 10.0. The van der Waals surface area contributed by atoms with E-state index in [1.807, 2.05) is 0 Å². The average Bonchev–Trinajstić information content (AvgIpc) is 2.78. The Balaban J connectivity index is 2.43. The number of carbonyl (C=O) groups is 1. The summed E-state index contributed by atoms with van der Waals surface area (Å²) in [6, 6.07) is 10.3. The number of aromatic carboxylic acids is 1. The van der Waals surface area contributed by atoms with Crippen LogP contribution in [0.3, 0.4) is 0 Å². The van der Waals surface area contributed by atoms with Crippen LogP contribution in [0.2, 0.25) is 10.0 Å². The highest BCUT2D eigenvalue weighted by atomic mass is 35.5. The van der Waals surface area contributed by atoms with E-state index in [1.165, 1.54) is 4.52 Å². The van der Waals surface area contributed by atoms with Gasteiger partial charge in [0.05, 0.1) is 5.52 Å². The molecule has 2 heterocycles. The van der Waals surface area contributed by atoms with Crippen molar-refractivity contribution in [1.29, 1.82) is 0 Å².